The molecular formula is C25H27ClN2O5S. The van der Waals surface area contributed by atoms with Gasteiger partial charge in [0.25, 0.3) is 11.1 Å². The molecule has 34 heavy (non-hydrogen) atoms. The van der Waals surface area contributed by atoms with Gasteiger partial charge in [-0.3, -0.25) is 19.3 Å². The maximum Gasteiger partial charge on any atom is 0.294 e. The first kappa shape index (κ1) is 25.6. The maximum absolute atomic E-state index is 12.8. The Balaban J connectivity index is 1.75. The zero-order chi connectivity index (χ0) is 25.0. The topological polar surface area (TPSA) is 84.9 Å². The van der Waals surface area contributed by atoms with Crippen molar-refractivity contribution in [1.82, 2.24) is 4.90 Å². The molecular weight excluding hydrogens is 476 g/mol. The number of anilines is 1. The van der Waals surface area contributed by atoms with Crippen LogP contribution in [0.4, 0.5) is 10.5 Å². The van der Waals surface area contributed by atoms with Crippen LogP contribution in [0.1, 0.15) is 37.0 Å². The number of imide groups is 1. The van der Waals surface area contributed by atoms with E-state index in [-0.39, 0.29) is 17.6 Å². The first-order valence-corrected chi connectivity index (χ1v) is 12.0. The third-order valence-electron chi connectivity index (χ3n) is 5.41. The molecule has 3 amide bonds. The van der Waals surface area contributed by atoms with Crippen molar-refractivity contribution in [3.05, 3.63) is 56.9 Å². The largest absolute Gasteiger partial charge is 0.493 e. The van der Waals surface area contributed by atoms with Gasteiger partial charge >= 0.3 is 0 Å². The highest BCUT2D eigenvalue weighted by molar-refractivity contribution is 8.18. The van der Waals surface area contributed by atoms with Crippen LogP contribution >= 0.6 is 23.4 Å². The smallest absolute Gasteiger partial charge is 0.294 e. The summed E-state index contributed by atoms with van der Waals surface area (Å²) < 4.78 is 11.3. The quantitative estimate of drug-likeness (QED) is 0.458. The Hall–Kier alpha value is -2.97. The van der Waals surface area contributed by atoms with Gasteiger partial charge in [-0.15, -0.1) is 0 Å². The van der Waals surface area contributed by atoms with Crippen LogP contribution in [0, 0.1) is 13.8 Å². The fourth-order valence-corrected chi connectivity index (χ4v) is 4.27. The lowest BCUT2D eigenvalue weighted by molar-refractivity contribution is -0.127. The number of rotatable bonds is 8. The molecule has 7 nitrogen and oxygen atoms in total. The number of benzene rings is 2. The normalized spacial score (nSPS) is 15.6. The number of carbonyl (C=O) groups is 3. The summed E-state index contributed by atoms with van der Waals surface area (Å²) in [5.41, 5.74) is 3.31. The molecule has 1 heterocycles. The molecule has 0 bridgehead atoms. The van der Waals surface area contributed by atoms with E-state index in [2.05, 4.69) is 5.32 Å². The van der Waals surface area contributed by atoms with Crippen molar-refractivity contribution in [3.63, 3.8) is 0 Å². The predicted octanol–water partition coefficient (Wildman–Crippen LogP) is 5.82. The number of methoxy groups -OCH3 is 1. The monoisotopic (exact) mass is 502 g/mol. The molecule has 2 aromatic rings. The third kappa shape index (κ3) is 5.93. The molecule has 1 aliphatic rings. The van der Waals surface area contributed by atoms with Gasteiger partial charge in [-0.2, -0.15) is 0 Å². The molecule has 9 heteroatoms. The third-order valence-corrected chi connectivity index (χ3v) is 6.60. The Morgan fingerprint density at radius 1 is 1.21 bits per heavy atom. The van der Waals surface area contributed by atoms with Gasteiger partial charge in [-0.05, 0) is 86.0 Å². The summed E-state index contributed by atoms with van der Waals surface area (Å²) >= 11 is 7.17. The van der Waals surface area contributed by atoms with Gasteiger partial charge in [-0.1, -0.05) is 24.6 Å². The SMILES string of the molecule is CCC(C)Oc1c(Cl)cc(/C=C2/SC(=O)N(CC(=O)Nc3ccc(C)c(C)c3)C2=O)cc1OC. The van der Waals surface area contributed by atoms with Crippen LogP contribution < -0.4 is 14.8 Å². The van der Waals surface area contributed by atoms with E-state index in [1.165, 1.54) is 7.11 Å². The lowest BCUT2D eigenvalue weighted by atomic mass is 10.1. The van der Waals surface area contributed by atoms with E-state index in [0.29, 0.717) is 27.8 Å². The Morgan fingerprint density at radius 3 is 2.59 bits per heavy atom. The van der Waals surface area contributed by atoms with E-state index in [1.807, 2.05) is 39.8 Å². The lowest BCUT2D eigenvalue weighted by Gasteiger charge is -2.17. The van der Waals surface area contributed by atoms with E-state index in [1.54, 1.807) is 24.3 Å². The fourth-order valence-electron chi connectivity index (χ4n) is 3.17. The van der Waals surface area contributed by atoms with E-state index in [4.69, 9.17) is 21.1 Å². The molecule has 0 aliphatic carbocycles. The molecule has 1 N–H and O–H groups in total. The van der Waals surface area contributed by atoms with Crippen molar-refractivity contribution in [1.29, 1.82) is 0 Å². The molecule has 1 saturated heterocycles. The van der Waals surface area contributed by atoms with E-state index >= 15 is 0 Å². The maximum atomic E-state index is 12.8. The number of hydrogen-bond acceptors (Lipinski definition) is 6. The van der Waals surface area contributed by atoms with E-state index < -0.39 is 17.1 Å². The second-order valence-corrected chi connectivity index (χ2v) is 9.39. The summed E-state index contributed by atoms with van der Waals surface area (Å²) in [7, 11) is 1.50. The lowest BCUT2D eigenvalue weighted by Crippen LogP contribution is -2.36. The minimum Gasteiger partial charge on any atom is -0.493 e. The van der Waals surface area contributed by atoms with Gasteiger partial charge < -0.3 is 14.8 Å². The minimum absolute atomic E-state index is 0.0521. The summed E-state index contributed by atoms with van der Waals surface area (Å²) in [6, 6.07) is 8.84. The van der Waals surface area contributed by atoms with Crippen LogP contribution in [-0.2, 0) is 9.59 Å². The number of nitrogens with one attached hydrogen (secondary N) is 1. The zero-order valence-corrected chi connectivity index (χ0v) is 21.3. The average Bonchev–Trinajstić information content (AvgIpc) is 3.04. The van der Waals surface area contributed by atoms with Crippen LogP contribution in [0.3, 0.4) is 0 Å². The van der Waals surface area contributed by atoms with Crippen LogP contribution in [0.15, 0.2) is 35.2 Å². The summed E-state index contributed by atoms with van der Waals surface area (Å²) in [5.74, 6) is -0.152. The highest BCUT2D eigenvalue weighted by atomic mass is 35.5. The van der Waals surface area contributed by atoms with Crippen molar-refractivity contribution in [3.8, 4) is 11.5 Å². The summed E-state index contributed by atoms with van der Waals surface area (Å²) in [6.45, 7) is 7.47. The van der Waals surface area contributed by atoms with Gasteiger partial charge in [0.2, 0.25) is 5.91 Å². The number of ether oxygens (including phenoxy) is 2. The average molecular weight is 503 g/mol. The number of nitrogens with zero attached hydrogens (tertiary/aromatic N) is 1. The van der Waals surface area contributed by atoms with E-state index in [0.717, 1.165) is 34.2 Å². The minimum atomic E-state index is -0.541. The Kier molecular flexibility index (Phi) is 8.28. The molecule has 2 aromatic carbocycles. The number of aryl methyl sites for hydroxylation is 2. The number of halogens is 1. The van der Waals surface area contributed by atoms with Gasteiger partial charge in [0.1, 0.15) is 6.54 Å². The van der Waals surface area contributed by atoms with Crippen LogP contribution in [0.2, 0.25) is 5.02 Å². The highest BCUT2D eigenvalue weighted by Crippen LogP contribution is 2.39. The van der Waals surface area contributed by atoms with Crippen molar-refractivity contribution in [2.45, 2.75) is 40.2 Å². The Labute approximate surface area is 208 Å². The molecule has 0 aromatic heterocycles. The predicted molar refractivity (Wildman–Crippen MR) is 136 cm³/mol. The number of hydrogen-bond donors (Lipinski definition) is 1. The van der Waals surface area contributed by atoms with Crippen molar-refractivity contribution in [2.75, 3.05) is 19.0 Å². The van der Waals surface area contributed by atoms with Crippen LogP contribution in [0.5, 0.6) is 11.5 Å². The van der Waals surface area contributed by atoms with Crippen LogP contribution in [-0.4, -0.2) is 41.7 Å². The molecule has 1 aliphatic heterocycles. The van der Waals surface area contributed by atoms with Gasteiger partial charge in [0, 0.05) is 5.69 Å². The van der Waals surface area contributed by atoms with Gasteiger partial charge in [0.15, 0.2) is 11.5 Å². The van der Waals surface area contributed by atoms with Crippen molar-refractivity contribution >= 4 is 52.2 Å². The standard InChI is InChI=1S/C25H27ClN2O5S/c1-6-16(4)33-23-19(26)10-17(11-20(23)32-5)12-21-24(30)28(25(31)34-21)13-22(29)27-18-8-7-14(2)15(3)9-18/h7-12,16H,6,13H2,1-5H3,(H,27,29)/b21-12+. The number of carbonyl (C=O) groups excluding carboxylic acids is 3. The summed E-state index contributed by atoms with van der Waals surface area (Å²) in [4.78, 5) is 38.9. The first-order chi connectivity index (χ1) is 16.1. The molecule has 0 radical (unpaired) electrons. The van der Waals surface area contributed by atoms with E-state index in [9.17, 15) is 14.4 Å². The molecule has 0 spiro atoms. The second-order valence-electron chi connectivity index (χ2n) is 7.99. The number of thioether (sulfide) groups is 1. The highest BCUT2D eigenvalue weighted by Gasteiger charge is 2.36. The Morgan fingerprint density at radius 2 is 1.94 bits per heavy atom. The van der Waals surface area contributed by atoms with Crippen molar-refractivity contribution in [2.24, 2.45) is 0 Å². The van der Waals surface area contributed by atoms with Crippen LogP contribution in [0.25, 0.3) is 6.08 Å². The fraction of sp³-hybridized carbons (Fsp3) is 0.320. The summed E-state index contributed by atoms with van der Waals surface area (Å²) in [5, 5.41) is 2.55. The molecule has 1 unspecified atom stereocenters. The zero-order valence-electron chi connectivity index (χ0n) is 19.7. The summed E-state index contributed by atoms with van der Waals surface area (Å²) in [6.07, 6.45) is 2.29. The molecule has 0 saturated carbocycles. The molecule has 3 rings (SSSR count). The van der Waals surface area contributed by atoms with Gasteiger partial charge in [-0.25, -0.2) is 0 Å². The second kappa shape index (κ2) is 11.0. The van der Waals surface area contributed by atoms with Crippen molar-refractivity contribution < 1.29 is 23.9 Å². The van der Waals surface area contributed by atoms with Gasteiger partial charge in [0.05, 0.1) is 23.1 Å². The molecule has 180 valence electrons. The Bertz CT molecular complexity index is 1160. The molecule has 1 fully saturated rings. The first-order valence-electron chi connectivity index (χ1n) is 10.8. The molecule has 1 atom stereocenters. The number of amides is 3.